The van der Waals surface area contributed by atoms with Gasteiger partial charge >= 0.3 is 5.97 Å². The van der Waals surface area contributed by atoms with Crippen LogP contribution in [-0.2, 0) is 4.79 Å². The van der Waals surface area contributed by atoms with Gasteiger partial charge in [-0.3, -0.25) is 10.1 Å². The maximum Gasteiger partial charge on any atom is 0.321 e. The lowest BCUT2D eigenvalue weighted by Gasteiger charge is -2.25. The first kappa shape index (κ1) is 13.8. The van der Waals surface area contributed by atoms with Crippen LogP contribution in [0.4, 0.5) is 0 Å². The molecule has 1 saturated heterocycles. The van der Waals surface area contributed by atoms with Crippen LogP contribution in [0.1, 0.15) is 40.5 Å². The van der Waals surface area contributed by atoms with E-state index in [1.54, 1.807) is 11.8 Å². The molecule has 0 aromatic heterocycles. The molecule has 0 spiro atoms. The monoisotopic (exact) mass is 245 g/mol. The van der Waals surface area contributed by atoms with Gasteiger partial charge in [0.25, 0.3) is 0 Å². The highest BCUT2D eigenvalue weighted by molar-refractivity contribution is 8.00. The van der Waals surface area contributed by atoms with Gasteiger partial charge < -0.3 is 5.11 Å². The Balaban J connectivity index is 2.31. The van der Waals surface area contributed by atoms with Gasteiger partial charge in [0.05, 0.1) is 5.37 Å². The smallest absolute Gasteiger partial charge is 0.321 e. The number of carboxylic acids is 1. The number of rotatable bonds is 4. The molecule has 16 heavy (non-hydrogen) atoms. The number of hydrogen-bond acceptors (Lipinski definition) is 3. The second-order valence-corrected chi connectivity index (χ2v) is 7.22. The van der Waals surface area contributed by atoms with Crippen LogP contribution in [0.5, 0.6) is 0 Å². The van der Waals surface area contributed by atoms with E-state index < -0.39 is 5.97 Å². The fraction of sp³-hybridized carbons (Fsp3) is 0.917. The lowest BCUT2D eigenvalue weighted by molar-refractivity contribution is -0.138. The van der Waals surface area contributed by atoms with Crippen molar-refractivity contribution in [3.05, 3.63) is 0 Å². The summed E-state index contributed by atoms with van der Waals surface area (Å²) >= 11 is 1.74. The van der Waals surface area contributed by atoms with Crippen LogP contribution >= 0.6 is 11.8 Å². The third kappa shape index (κ3) is 4.74. The summed E-state index contributed by atoms with van der Waals surface area (Å²) < 4.78 is 0. The Morgan fingerprint density at radius 1 is 1.56 bits per heavy atom. The van der Waals surface area contributed by atoms with Crippen molar-refractivity contribution in [2.75, 3.05) is 5.75 Å². The molecule has 4 heteroatoms. The Morgan fingerprint density at radius 3 is 2.62 bits per heavy atom. The van der Waals surface area contributed by atoms with Gasteiger partial charge in [-0.25, -0.2) is 0 Å². The minimum atomic E-state index is -0.724. The van der Waals surface area contributed by atoms with E-state index in [9.17, 15) is 4.79 Å². The number of aliphatic carboxylic acids is 1. The molecule has 3 nitrogen and oxygen atoms in total. The van der Waals surface area contributed by atoms with E-state index in [2.05, 4.69) is 33.0 Å². The van der Waals surface area contributed by atoms with Crippen molar-refractivity contribution in [3.63, 3.8) is 0 Å². The van der Waals surface area contributed by atoms with Gasteiger partial charge in [0.2, 0.25) is 0 Å². The first-order valence-corrected chi connectivity index (χ1v) is 6.93. The van der Waals surface area contributed by atoms with Crippen LogP contribution in [0.2, 0.25) is 0 Å². The molecule has 0 unspecified atom stereocenters. The van der Waals surface area contributed by atoms with Crippen molar-refractivity contribution >= 4 is 17.7 Å². The van der Waals surface area contributed by atoms with E-state index in [0.29, 0.717) is 22.5 Å². The fourth-order valence-corrected chi connectivity index (χ4v) is 3.69. The van der Waals surface area contributed by atoms with Crippen molar-refractivity contribution in [2.45, 2.75) is 52.0 Å². The maximum atomic E-state index is 10.8. The van der Waals surface area contributed by atoms with E-state index in [1.807, 2.05) is 0 Å². The van der Waals surface area contributed by atoms with Crippen LogP contribution in [0.3, 0.4) is 0 Å². The summed E-state index contributed by atoms with van der Waals surface area (Å²) in [5.41, 5.74) is 0.356. The summed E-state index contributed by atoms with van der Waals surface area (Å²) in [7, 11) is 0. The lowest BCUT2D eigenvalue weighted by atomic mass is 9.84. The van der Waals surface area contributed by atoms with Gasteiger partial charge in [0.1, 0.15) is 6.04 Å². The third-order valence-corrected chi connectivity index (χ3v) is 3.98. The molecular formula is C12H23NO2S. The zero-order valence-corrected chi connectivity index (χ0v) is 11.4. The number of nitrogens with one attached hydrogen (secondary N) is 1. The fourth-order valence-electron chi connectivity index (χ4n) is 2.31. The molecule has 2 N–H and O–H groups in total. The molecule has 1 heterocycles. The summed E-state index contributed by atoms with van der Waals surface area (Å²) in [6, 6.07) is -0.350. The Labute approximate surface area is 102 Å². The van der Waals surface area contributed by atoms with Crippen LogP contribution in [0, 0.1) is 11.3 Å². The standard InChI is InChI=1S/C12H23NO2S/c1-8(6-12(2,3)4)5-10-13-9(7-16-10)11(14)15/h8-10,13H,5-7H2,1-4H3,(H,14,15)/t8-,9-,10-/m0/s1. The zero-order valence-electron chi connectivity index (χ0n) is 10.6. The second kappa shape index (κ2) is 5.41. The molecule has 1 fully saturated rings. The van der Waals surface area contributed by atoms with Gasteiger partial charge in [-0.1, -0.05) is 27.7 Å². The van der Waals surface area contributed by atoms with Crippen molar-refractivity contribution in [2.24, 2.45) is 11.3 Å². The molecule has 3 atom stereocenters. The minimum Gasteiger partial charge on any atom is -0.480 e. The number of carbonyl (C=O) groups is 1. The molecule has 1 aliphatic rings. The Bertz CT molecular complexity index is 250. The van der Waals surface area contributed by atoms with Crippen LogP contribution in [0.15, 0.2) is 0 Å². The van der Waals surface area contributed by atoms with Crippen molar-refractivity contribution < 1.29 is 9.90 Å². The highest BCUT2D eigenvalue weighted by atomic mass is 32.2. The van der Waals surface area contributed by atoms with Crippen LogP contribution in [0.25, 0.3) is 0 Å². The van der Waals surface area contributed by atoms with Gasteiger partial charge in [0.15, 0.2) is 0 Å². The van der Waals surface area contributed by atoms with Gasteiger partial charge in [-0.15, -0.1) is 11.8 Å². The summed E-state index contributed by atoms with van der Waals surface area (Å²) in [6.45, 7) is 9.00. The van der Waals surface area contributed by atoms with Crippen LogP contribution in [-0.4, -0.2) is 28.2 Å². The highest BCUT2D eigenvalue weighted by Crippen LogP contribution is 2.31. The quantitative estimate of drug-likeness (QED) is 0.799. The maximum absolute atomic E-state index is 10.8. The first-order chi connectivity index (χ1) is 7.28. The molecule has 0 aromatic carbocycles. The summed E-state index contributed by atoms with van der Waals surface area (Å²) in [4.78, 5) is 10.8. The number of hydrogen-bond donors (Lipinski definition) is 2. The van der Waals surface area contributed by atoms with Crippen molar-refractivity contribution in [3.8, 4) is 0 Å². The van der Waals surface area contributed by atoms with E-state index in [-0.39, 0.29) is 6.04 Å². The van der Waals surface area contributed by atoms with Crippen LogP contribution < -0.4 is 5.32 Å². The molecule has 0 bridgehead atoms. The third-order valence-electron chi connectivity index (χ3n) is 2.73. The molecule has 1 rings (SSSR count). The predicted octanol–water partition coefficient (Wildman–Crippen LogP) is 2.56. The van der Waals surface area contributed by atoms with E-state index >= 15 is 0 Å². The summed E-state index contributed by atoms with van der Waals surface area (Å²) in [5.74, 6) is 0.610. The van der Waals surface area contributed by atoms with Gasteiger partial charge in [0, 0.05) is 5.75 Å². The normalized spacial score (nSPS) is 28.0. The predicted molar refractivity (Wildman–Crippen MR) is 68.7 cm³/mol. The number of thioether (sulfide) groups is 1. The second-order valence-electron chi connectivity index (χ2n) is 5.99. The van der Waals surface area contributed by atoms with E-state index in [1.165, 1.54) is 6.42 Å². The Hall–Kier alpha value is -0.220. The SMILES string of the molecule is C[C@@H](C[C@H]1N[C@H](C(=O)O)CS1)CC(C)(C)C. The highest BCUT2D eigenvalue weighted by Gasteiger charge is 2.30. The van der Waals surface area contributed by atoms with Crippen molar-refractivity contribution in [1.82, 2.24) is 5.32 Å². The molecule has 0 aliphatic carbocycles. The average Bonchev–Trinajstić information content (AvgIpc) is 2.48. The molecule has 0 aromatic rings. The van der Waals surface area contributed by atoms with Crippen molar-refractivity contribution in [1.29, 1.82) is 0 Å². The molecule has 94 valence electrons. The average molecular weight is 245 g/mol. The molecule has 0 radical (unpaired) electrons. The topological polar surface area (TPSA) is 49.3 Å². The lowest BCUT2D eigenvalue weighted by Crippen LogP contribution is -2.37. The van der Waals surface area contributed by atoms with E-state index in [4.69, 9.17) is 5.11 Å². The Kier molecular flexibility index (Phi) is 4.68. The molecular weight excluding hydrogens is 222 g/mol. The Morgan fingerprint density at radius 2 is 2.19 bits per heavy atom. The van der Waals surface area contributed by atoms with Gasteiger partial charge in [-0.2, -0.15) is 0 Å². The minimum absolute atomic E-state index is 0.318. The summed E-state index contributed by atoms with van der Waals surface area (Å²) in [5, 5.41) is 12.4. The molecule has 0 amide bonds. The zero-order chi connectivity index (χ0) is 12.3. The largest absolute Gasteiger partial charge is 0.480 e. The molecule has 0 saturated carbocycles. The van der Waals surface area contributed by atoms with E-state index in [0.717, 1.165) is 6.42 Å². The first-order valence-electron chi connectivity index (χ1n) is 5.88. The number of carboxylic acid groups (broad SMARTS) is 1. The molecule has 1 aliphatic heterocycles. The van der Waals surface area contributed by atoms with Gasteiger partial charge in [-0.05, 0) is 24.2 Å². The summed E-state index contributed by atoms with van der Waals surface area (Å²) in [6.07, 6.45) is 2.25.